The van der Waals surface area contributed by atoms with Crippen LogP contribution in [0.15, 0.2) is 35.2 Å². The largest absolute Gasteiger partial charge is 0.479 e. The van der Waals surface area contributed by atoms with Crippen LogP contribution in [0, 0.1) is 0 Å². The molecule has 0 bridgehead atoms. The Hall–Kier alpha value is -1.00. The van der Waals surface area contributed by atoms with Crippen LogP contribution in [0.3, 0.4) is 0 Å². The molecule has 0 saturated carbocycles. The second kappa shape index (κ2) is 3.40. The zero-order valence-electron chi connectivity index (χ0n) is 6.71. The van der Waals surface area contributed by atoms with Gasteiger partial charge in [-0.15, -0.1) is 0 Å². The van der Waals surface area contributed by atoms with E-state index in [-0.39, 0.29) is 5.44 Å². The van der Waals surface area contributed by atoms with Crippen LogP contribution in [0.25, 0.3) is 0 Å². The van der Waals surface area contributed by atoms with Crippen molar-refractivity contribution in [3.63, 3.8) is 0 Å². The molecule has 1 aliphatic rings. The third kappa shape index (κ3) is 2.02. The second-order valence-corrected chi connectivity index (χ2v) is 3.87. The second-order valence-electron chi connectivity index (χ2n) is 2.69. The fourth-order valence-corrected chi connectivity index (χ4v) is 1.99. The minimum absolute atomic E-state index is 0.208. The number of benzene rings is 1. The van der Waals surface area contributed by atoms with Crippen LogP contribution in [0.2, 0.25) is 0 Å². The van der Waals surface area contributed by atoms with Crippen molar-refractivity contribution in [3.8, 4) is 0 Å². The van der Waals surface area contributed by atoms with Gasteiger partial charge in [-0.3, -0.25) is 0 Å². The molecule has 0 aromatic heterocycles. The van der Waals surface area contributed by atoms with Gasteiger partial charge in [0.05, 0.1) is 0 Å². The molecule has 0 spiro atoms. The summed E-state index contributed by atoms with van der Waals surface area (Å²) >= 11 is 1.44. The highest BCUT2D eigenvalue weighted by Crippen LogP contribution is 2.37. The normalized spacial score (nSPS) is 25.5. The Morgan fingerprint density at radius 2 is 2.08 bits per heavy atom. The first-order valence-corrected chi connectivity index (χ1v) is 4.75. The zero-order chi connectivity index (χ0) is 9.26. The molecule has 0 amide bonds. The lowest BCUT2D eigenvalue weighted by Gasteiger charge is -1.94. The summed E-state index contributed by atoms with van der Waals surface area (Å²) in [4.78, 5) is 11.5. The van der Waals surface area contributed by atoms with Crippen LogP contribution in [0.5, 0.6) is 0 Å². The summed E-state index contributed by atoms with van der Waals surface area (Å²) in [6.07, 6.45) is -0.620. The van der Waals surface area contributed by atoms with Crippen LogP contribution in [0.4, 0.5) is 0 Å². The van der Waals surface area contributed by atoms with Crippen molar-refractivity contribution in [1.82, 2.24) is 0 Å². The van der Waals surface area contributed by atoms with Crippen molar-refractivity contribution in [2.45, 2.75) is 16.4 Å². The number of aliphatic carboxylic acids is 1. The molecular formula is C9H8O3S. The van der Waals surface area contributed by atoms with E-state index in [4.69, 9.17) is 9.84 Å². The predicted molar refractivity (Wildman–Crippen MR) is 48.6 cm³/mol. The monoisotopic (exact) mass is 196 g/mol. The molecule has 3 nitrogen and oxygen atoms in total. The maximum absolute atomic E-state index is 10.4. The number of carboxylic acids is 1. The third-order valence-electron chi connectivity index (χ3n) is 1.69. The molecule has 2 unspecified atom stereocenters. The van der Waals surface area contributed by atoms with E-state index in [0.29, 0.717) is 0 Å². The minimum Gasteiger partial charge on any atom is -0.479 e. The first-order valence-electron chi connectivity index (χ1n) is 3.87. The smallest absolute Gasteiger partial charge is 0.336 e. The lowest BCUT2D eigenvalue weighted by molar-refractivity contribution is -0.138. The number of epoxide rings is 1. The zero-order valence-corrected chi connectivity index (χ0v) is 7.53. The number of hydrogen-bond donors (Lipinski definition) is 1. The first-order chi connectivity index (χ1) is 6.27. The van der Waals surface area contributed by atoms with Crippen molar-refractivity contribution in [2.24, 2.45) is 0 Å². The first kappa shape index (κ1) is 8.59. The Balaban J connectivity index is 1.92. The summed E-state index contributed by atoms with van der Waals surface area (Å²) < 4.78 is 4.95. The molecule has 1 heterocycles. The highest BCUT2D eigenvalue weighted by atomic mass is 32.2. The molecule has 2 rings (SSSR count). The van der Waals surface area contributed by atoms with Gasteiger partial charge in [0.15, 0.2) is 6.10 Å². The van der Waals surface area contributed by atoms with Gasteiger partial charge in [-0.05, 0) is 12.1 Å². The minimum atomic E-state index is -0.881. The standard InChI is InChI=1S/C9H8O3S/c10-8(11)7-9(12-7)13-6-4-2-1-3-5-6/h1-5,7,9H,(H,10,11). The number of rotatable bonds is 3. The number of ether oxygens (including phenoxy) is 1. The number of hydrogen-bond acceptors (Lipinski definition) is 3. The van der Waals surface area contributed by atoms with Crippen LogP contribution < -0.4 is 0 Å². The van der Waals surface area contributed by atoms with E-state index in [1.54, 1.807) is 0 Å². The average Bonchev–Trinajstić information content (AvgIpc) is 2.86. The van der Waals surface area contributed by atoms with Crippen LogP contribution in [-0.4, -0.2) is 22.6 Å². The van der Waals surface area contributed by atoms with Gasteiger partial charge in [0, 0.05) is 4.90 Å². The molecule has 68 valence electrons. The van der Waals surface area contributed by atoms with Crippen molar-refractivity contribution < 1.29 is 14.6 Å². The molecule has 1 fully saturated rings. The molecule has 1 aromatic carbocycles. The van der Waals surface area contributed by atoms with Gasteiger partial charge in [0.1, 0.15) is 5.44 Å². The van der Waals surface area contributed by atoms with Gasteiger partial charge in [-0.2, -0.15) is 0 Å². The van der Waals surface area contributed by atoms with Gasteiger partial charge in [-0.1, -0.05) is 30.0 Å². The van der Waals surface area contributed by atoms with Gasteiger partial charge in [0.2, 0.25) is 0 Å². The number of carbonyl (C=O) groups is 1. The Kier molecular flexibility index (Phi) is 2.24. The molecule has 1 saturated heterocycles. The topological polar surface area (TPSA) is 49.8 Å². The molecule has 13 heavy (non-hydrogen) atoms. The van der Waals surface area contributed by atoms with Crippen molar-refractivity contribution in [3.05, 3.63) is 30.3 Å². The van der Waals surface area contributed by atoms with E-state index < -0.39 is 12.1 Å². The Labute approximate surface area is 79.7 Å². The maximum atomic E-state index is 10.4. The molecule has 0 radical (unpaired) electrons. The van der Waals surface area contributed by atoms with E-state index in [9.17, 15) is 4.79 Å². The van der Waals surface area contributed by atoms with Gasteiger partial charge in [-0.25, -0.2) is 4.79 Å². The lowest BCUT2D eigenvalue weighted by atomic mass is 10.4. The highest BCUT2D eigenvalue weighted by molar-refractivity contribution is 8.00. The van der Waals surface area contributed by atoms with E-state index in [1.807, 2.05) is 30.3 Å². The molecule has 4 heteroatoms. The Morgan fingerprint density at radius 1 is 1.38 bits per heavy atom. The fourth-order valence-electron chi connectivity index (χ4n) is 0.997. The molecular weight excluding hydrogens is 188 g/mol. The van der Waals surface area contributed by atoms with E-state index in [0.717, 1.165) is 4.90 Å². The number of carboxylic acid groups (broad SMARTS) is 1. The van der Waals surface area contributed by atoms with Crippen molar-refractivity contribution in [2.75, 3.05) is 0 Å². The molecule has 2 atom stereocenters. The Bertz CT molecular complexity index is 312. The molecule has 1 aromatic rings. The van der Waals surface area contributed by atoms with E-state index in [2.05, 4.69) is 0 Å². The maximum Gasteiger partial charge on any atom is 0.336 e. The highest BCUT2D eigenvalue weighted by Gasteiger charge is 2.46. The summed E-state index contributed by atoms with van der Waals surface area (Å²) in [6.45, 7) is 0. The SMILES string of the molecule is O=C(O)C1OC1Sc1ccccc1. The predicted octanol–water partition coefficient (Wildman–Crippen LogP) is 1.59. The summed E-state index contributed by atoms with van der Waals surface area (Å²) in [5.74, 6) is -0.881. The van der Waals surface area contributed by atoms with Gasteiger partial charge in [0.25, 0.3) is 0 Å². The van der Waals surface area contributed by atoms with Gasteiger partial charge < -0.3 is 9.84 Å². The summed E-state index contributed by atoms with van der Waals surface area (Å²) in [5.41, 5.74) is -0.208. The average molecular weight is 196 g/mol. The lowest BCUT2D eigenvalue weighted by Crippen LogP contribution is -2.05. The van der Waals surface area contributed by atoms with E-state index >= 15 is 0 Å². The summed E-state index contributed by atoms with van der Waals surface area (Å²) in [6, 6.07) is 9.63. The van der Waals surface area contributed by atoms with E-state index in [1.165, 1.54) is 11.8 Å². The molecule has 1 aliphatic heterocycles. The summed E-state index contributed by atoms with van der Waals surface area (Å²) in [5, 5.41) is 8.56. The third-order valence-corrected chi connectivity index (χ3v) is 2.83. The van der Waals surface area contributed by atoms with Gasteiger partial charge >= 0.3 is 5.97 Å². The van der Waals surface area contributed by atoms with Crippen molar-refractivity contribution >= 4 is 17.7 Å². The van der Waals surface area contributed by atoms with Crippen LogP contribution in [0.1, 0.15) is 0 Å². The fraction of sp³-hybridized carbons (Fsp3) is 0.222. The quantitative estimate of drug-likeness (QED) is 0.746. The summed E-state index contributed by atoms with van der Waals surface area (Å²) in [7, 11) is 0. The molecule has 0 aliphatic carbocycles. The Morgan fingerprint density at radius 3 is 2.62 bits per heavy atom. The number of thioether (sulfide) groups is 1. The molecule has 1 N–H and O–H groups in total. The van der Waals surface area contributed by atoms with Crippen LogP contribution in [-0.2, 0) is 9.53 Å². The van der Waals surface area contributed by atoms with Crippen LogP contribution >= 0.6 is 11.8 Å². The van der Waals surface area contributed by atoms with Crippen molar-refractivity contribution in [1.29, 1.82) is 0 Å².